The fourth-order valence-electron chi connectivity index (χ4n) is 1.54. The Morgan fingerprint density at radius 1 is 1.18 bits per heavy atom. The Labute approximate surface area is 131 Å². The summed E-state index contributed by atoms with van der Waals surface area (Å²) in [4.78, 5) is 2.66. The van der Waals surface area contributed by atoms with E-state index >= 15 is 0 Å². The van der Waals surface area contributed by atoms with Gasteiger partial charge in [0, 0.05) is 10.7 Å². The van der Waals surface area contributed by atoms with Crippen molar-refractivity contribution >= 4 is 31.6 Å². The second-order valence-electron chi connectivity index (χ2n) is 4.12. The van der Waals surface area contributed by atoms with Crippen molar-refractivity contribution in [1.29, 1.82) is 0 Å². The molecule has 1 aromatic heterocycles. The number of halogens is 5. The molecule has 4 nitrogen and oxygen atoms in total. The van der Waals surface area contributed by atoms with Crippen LogP contribution in [-0.2, 0) is 16.2 Å². The summed E-state index contributed by atoms with van der Waals surface area (Å²) < 4.78 is 77.5. The van der Waals surface area contributed by atoms with Crippen molar-refractivity contribution in [3.05, 3.63) is 52.5 Å². The number of nitrogens with zero attached hydrogens (tertiary/aromatic N) is 1. The lowest BCUT2D eigenvalue weighted by Crippen LogP contribution is -2.15. The van der Waals surface area contributed by atoms with Gasteiger partial charge in [0.2, 0.25) is 5.95 Å². The largest absolute Gasteiger partial charge is 0.416 e. The van der Waals surface area contributed by atoms with Crippen LogP contribution in [-0.4, -0.2) is 13.4 Å². The van der Waals surface area contributed by atoms with Crippen molar-refractivity contribution in [3.8, 4) is 0 Å². The zero-order valence-corrected chi connectivity index (χ0v) is 12.9. The zero-order valence-electron chi connectivity index (χ0n) is 10.5. The summed E-state index contributed by atoms with van der Waals surface area (Å²) in [6.07, 6.45) is -3.58. The number of anilines is 1. The van der Waals surface area contributed by atoms with E-state index < -0.39 is 38.3 Å². The molecule has 0 radical (unpaired) electrons. The van der Waals surface area contributed by atoms with Gasteiger partial charge in [-0.15, -0.1) is 0 Å². The average molecular weight is 399 g/mol. The summed E-state index contributed by atoms with van der Waals surface area (Å²) in [5.41, 5.74) is -1.60. The van der Waals surface area contributed by atoms with Gasteiger partial charge >= 0.3 is 6.18 Å². The lowest BCUT2D eigenvalue weighted by atomic mass is 10.2. The summed E-state index contributed by atoms with van der Waals surface area (Å²) in [5, 5.41) is 0. The van der Waals surface area contributed by atoms with E-state index in [0.29, 0.717) is 10.5 Å². The first kappa shape index (κ1) is 16.7. The molecule has 0 saturated heterocycles. The molecule has 10 heteroatoms. The number of benzene rings is 1. The molecule has 118 valence electrons. The Morgan fingerprint density at radius 2 is 1.86 bits per heavy atom. The van der Waals surface area contributed by atoms with Gasteiger partial charge in [0.25, 0.3) is 10.0 Å². The first-order chi connectivity index (χ1) is 10.1. The first-order valence-electron chi connectivity index (χ1n) is 5.61. The van der Waals surface area contributed by atoms with Crippen LogP contribution in [0.5, 0.6) is 0 Å². The van der Waals surface area contributed by atoms with Crippen LogP contribution in [0.2, 0.25) is 0 Å². The minimum atomic E-state index is -4.69. The summed E-state index contributed by atoms with van der Waals surface area (Å²) in [5.74, 6) is -1.10. The number of nitrogens with one attached hydrogen (secondary N) is 1. The van der Waals surface area contributed by atoms with Crippen LogP contribution in [0, 0.1) is 5.95 Å². The van der Waals surface area contributed by atoms with Gasteiger partial charge in [-0.2, -0.15) is 17.6 Å². The molecule has 2 aromatic rings. The fourth-order valence-corrected chi connectivity index (χ4v) is 2.96. The molecule has 0 bridgehead atoms. The van der Waals surface area contributed by atoms with E-state index in [2.05, 4.69) is 20.9 Å². The van der Waals surface area contributed by atoms with Gasteiger partial charge in [0.05, 0.1) is 10.5 Å². The normalized spacial score (nSPS) is 12.2. The summed E-state index contributed by atoms with van der Waals surface area (Å²) in [7, 11) is -4.39. The molecule has 1 aromatic carbocycles. The number of sulfonamides is 1. The molecule has 0 aliphatic carbocycles. The number of rotatable bonds is 3. The standard InChI is InChI=1S/C12H7BrF4N2O2S/c13-8-5-10(11(14)18-6-8)19-22(20,21)9-3-1-2-7(4-9)12(15,16)17/h1-6,19H. The van der Waals surface area contributed by atoms with Gasteiger partial charge in [-0.3, -0.25) is 4.72 Å². The zero-order chi connectivity index (χ0) is 16.5. The first-order valence-corrected chi connectivity index (χ1v) is 7.88. The number of alkyl halides is 3. The predicted octanol–water partition coefficient (Wildman–Crippen LogP) is 3.80. The van der Waals surface area contributed by atoms with Crippen LogP contribution in [0.3, 0.4) is 0 Å². The van der Waals surface area contributed by atoms with Crippen LogP contribution in [0.1, 0.15) is 5.56 Å². The van der Waals surface area contributed by atoms with Crippen molar-refractivity contribution < 1.29 is 26.0 Å². The van der Waals surface area contributed by atoms with E-state index in [1.807, 2.05) is 4.72 Å². The molecule has 1 heterocycles. The van der Waals surface area contributed by atoms with Gasteiger partial charge < -0.3 is 0 Å². The second-order valence-corrected chi connectivity index (χ2v) is 6.72. The molecule has 2 rings (SSSR count). The van der Waals surface area contributed by atoms with Gasteiger partial charge in [0.1, 0.15) is 5.69 Å². The molecule has 0 atom stereocenters. The van der Waals surface area contributed by atoms with E-state index in [4.69, 9.17) is 0 Å². The summed E-state index contributed by atoms with van der Waals surface area (Å²) >= 11 is 2.99. The van der Waals surface area contributed by atoms with E-state index in [-0.39, 0.29) is 0 Å². The smallest absolute Gasteiger partial charge is 0.275 e. The molecule has 0 unspecified atom stereocenters. The number of pyridine rings is 1. The van der Waals surface area contributed by atoms with Crippen molar-refractivity contribution in [3.63, 3.8) is 0 Å². The number of aromatic nitrogens is 1. The predicted molar refractivity (Wildman–Crippen MR) is 74.1 cm³/mol. The fraction of sp³-hybridized carbons (Fsp3) is 0.0833. The quantitative estimate of drug-likeness (QED) is 0.631. The molecule has 0 fully saturated rings. The highest BCUT2D eigenvalue weighted by Crippen LogP contribution is 2.31. The third-order valence-corrected chi connectivity index (χ3v) is 4.32. The Morgan fingerprint density at radius 3 is 2.50 bits per heavy atom. The Balaban J connectivity index is 2.41. The molecule has 0 spiro atoms. The monoisotopic (exact) mass is 398 g/mol. The number of hydrogen-bond acceptors (Lipinski definition) is 3. The van der Waals surface area contributed by atoms with Crippen LogP contribution < -0.4 is 4.72 Å². The van der Waals surface area contributed by atoms with Gasteiger partial charge in [0.15, 0.2) is 0 Å². The highest BCUT2D eigenvalue weighted by Gasteiger charge is 2.31. The third kappa shape index (κ3) is 3.74. The Bertz CT molecular complexity index is 809. The van der Waals surface area contributed by atoms with E-state index in [9.17, 15) is 26.0 Å². The maximum atomic E-state index is 13.4. The molecule has 0 aliphatic heterocycles. The molecular weight excluding hydrogens is 392 g/mol. The minimum absolute atomic E-state index is 0.302. The molecular formula is C12H7BrF4N2O2S. The second kappa shape index (κ2) is 5.84. The highest BCUT2D eigenvalue weighted by atomic mass is 79.9. The summed E-state index contributed by atoms with van der Waals surface area (Å²) in [6, 6.07) is 4.23. The van der Waals surface area contributed by atoms with E-state index in [1.54, 1.807) is 0 Å². The van der Waals surface area contributed by atoms with Crippen molar-refractivity contribution in [1.82, 2.24) is 4.98 Å². The van der Waals surface area contributed by atoms with E-state index in [0.717, 1.165) is 30.5 Å². The minimum Gasteiger partial charge on any atom is -0.275 e. The Hall–Kier alpha value is -1.68. The lowest BCUT2D eigenvalue weighted by Gasteiger charge is -2.11. The highest BCUT2D eigenvalue weighted by molar-refractivity contribution is 9.10. The third-order valence-electron chi connectivity index (χ3n) is 2.52. The maximum absolute atomic E-state index is 13.4. The van der Waals surface area contributed by atoms with Crippen LogP contribution in [0.4, 0.5) is 23.2 Å². The van der Waals surface area contributed by atoms with Gasteiger partial charge in [-0.05, 0) is 40.2 Å². The van der Waals surface area contributed by atoms with E-state index in [1.165, 1.54) is 0 Å². The van der Waals surface area contributed by atoms with Crippen LogP contribution >= 0.6 is 15.9 Å². The molecule has 1 N–H and O–H groups in total. The van der Waals surface area contributed by atoms with Crippen LogP contribution in [0.25, 0.3) is 0 Å². The lowest BCUT2D eigenvalue weighted by molar-refractivity contribution is -0.137. The molecule has 0 amide bonds. The average Bonchev–Trinajstić information content (AvgIpc) is 2.42. The van der Waals surface area contributed by atoms with Crippen molar-refractivity contribution in [2.24, 2.45) is 0 Å². The summed E-state index contributed by atoms with van der Waals surface area (Å²) in [6.45, 7) is 0. The van der Waals surface area contributed by atoms with Crippen LogP contribution in [0.15, 0.2) is 45.9 Å². The molecule has 0 saturated carbocycles. The molecule has 22 heavy (non-hydrogen) atoms. The SMILES string of the molecule is O=S(=O)(Nc1cc(Br)cnc1F)c1cccc(C(F)(F)F)c1. The maximum Gasteiger partial charge on any atom is 0.416 e. The van der Waals surface area contributed by atoms with Gasteiger partial charge in [-0.25, -0.2) is 13.4 Å². The topological polar surface area (TPSA) is 59.1 Å². The number of hydrogen-bond donors (Lipinski definition) is 1. The molecule has 0 aliphatic rings. The Kier molecular flexibility index (Phi) is 4.43. The van der Waals surface area contributed by atoms with Crippen molar-refractivity contribution in [2.75, 3.05) is 4.72 Å². The van der Waals surface area contributed by atoms with Crippen molar-refractivity contribution in [2.45, 2.75) is 11.1 Å². The van der Waals surface area contributed by atoms with Gasteiger partial charge in [-0.1, -0.05) is 6.07 Å².